The standard InChI is InChI=1S/C17H23N3OS/c1-18-17(20-14-6-4-10-22-12-14)19-9-8-15-11-13-5-2-3-7-16(13)21-15/h2-3,5,7,11,14H,4,6,8-10,12H2,1H3,(H2,18,19,20). The van der Waals surface area contributed by atoms with Crippen LogP contribution in [0, 0.1) is 0 Å². The first kappa shape index (κ1) is 15.3. The molecule has 2 N–H and O–H groups in total. The van der Waals surface area contributed by atoms with Gasteiger partial charge in [-0.05, 0) is 30.7 Å². The quantitative estimate of drug-likeness (QED) is 0.672. The van der Waals surface area contributed by atoms with Crippen LogP contribution in [0.4, 0.5) is 0 Å². The van der Waals surface area contributed by atoms with E-state index in [0.717, 1.165) is 30.3 Å². The van der Waals surface area contributed by atoms with E-state index < -0.39 is 0 Å². The molecule has 4 nitrogen and oxygen atoms in total. The lowest BCUT2D eigenvalue weighted by Gasteiger charge is -2.24. The predicted octanol–water partition coefficient (Wildman–Crippen LogP) is 3.04. The fraction of sp³-hybridized carbons (Fsp3) is 0.471. The third-order valence-electron chi connectivity index (χ3n) is 3.87. The zero-order valence-corrected chi connectivity index (χ0v) is 13.8. The summed E-state index contributed by atoms with van der Waals surface area (Å²) in [5, 5.41) is 8.05. The second-order valence-corrected chi connectivity index (χ2v) is 6.71. The predicted molar refractivity (Wildman–Crippen MR) is 94.8 cm³/mol. The largest absolute Gasteiger partial charge is 0.461 e. The third-order valence-corrected chi connectivity index (χ3v) is 5.08. The van der Waals surface area contributed by atoms with Crippen molar-refractivity contribution in [3.05, 3.63) is 36.1 Å². The average molecular weight is 317 g/mol. The van der Waals surface area contributed by atoms with E-state index in [4.69, 9.17) is 4.42 Å². The normalized spacial score (nSPS) is 19.3. The van der Waals surface area contributed by atoms with Gasteiger partial charge in [0.25, 0.3) is 0 Å². The summed E-state index contributed by atoms with van der Waals surface area (Å²) in [6.07, 6.45) is 3.38. The molecule has 0 aliphatic carbocycles. The SMILES string of the molecule is CN=C(NCCc1cc2ccccc2o1)NC1CCCSC1. The van der Waals surface area contributed by atoms with Crippen LogP contribution in [0.2, 0.25) is 0 Å². The van der Waals surface area contributed by atoms with Gasteiger partial charge in [-0.3, -0.25) is 4.99 Å². The molecule has 22 heavy (non-hydrogen) atoms. The van der Waals surface area contributed by atoms with E-state index in [0.29, 0.717) is 6.04 Å². The number of hydrogen-bond acceptors (Lipinski definition) is 3. The molecule has 1 aromatic heterocycles. The second kappa shape index (κ2) is 7.58. The second-order valence-electron chi connectivity index (χ2n) is 5.56. The van der Waals surface area contributed by atoms with Crippen molar-refractivity contribution in [3.8, 4) is 0 Å². The van der Waals surface area contributed by atoms with E-state index in [-0.39, 0.29) is 0 Å². The molecule has 0 bridgehead atoms. The smallest absolute Gasteiger partial charge is 0.191 e. The number of rotatable bonds is 4. The van der Waals surface area contributed by atoms with Crippen molar-refractivity contribution in [2.75, 3.05) is 25.1 Å². The highest BCUT2D eigenvalue weighted by atomic mass is 32.2. The Hall–Kier alpha value is -1.62. The van der Waals surface area contributed by atoms with E-state index in [2.05, 4.69) is 27.8 Å². The van der Waals surface area contributed by atoms with E-state index in [1.54, 1.807) is 0 Å². The van der Waals surface area contributed by atoms with Crippen LogP contribution in [0.15, 0.2) is 39.7 Å². The van der Waals surface area contributed by atoms with Gasteiger partial charge in [0.2, 0.25) is 0 Å². The summed E-state index contributed by atoms with van der Waals surface area (Å²) < 4.78 is 5.83. The van der Waals surface area contributed by atoms with E-state index >= 15 is 0 Å². The molecule has 1 aliphatic heterocycles. The summed E-state index contributed by atoms with van der Waals surface area (Å²) in [4.78, 5) is 4.31. The first-order chi connectivity index (χ1) is 10.8. The minimum absolute atomic E-state index is 0.538. The molecule has 1 atom stereocenters. The van der Waals surface area contributed by atoms with Crippen molar-refractivity contribution >= 4 is 28.7 Å². The Balaban J connectivity index is 1.48. The van der Waals surface area contributed by atoms with Crippen LogP contribution in [0.3, 0.4) is 0 Å². The van der Waals surface area contributed by atoms with Crippen molar-refractivity contribution in [3.63, 3.8) is 0 Å². The highest BCUT2D eigenvalue weighted by Crippen LogP contribution is 2.19. The molecule has 1 aliphatic rings. The summed E-state index contributed by atoms with van der Waals surface area (Å²) in [7, 11) is 1.83. The number of para-hydroxylation sites is 1. The van der Waals surface area contributed by atoms with Gasteiger partial charge < -0.3 is 15.1 Å². The lowest BCUT2D eigenvalue weighted by atomic mass is 10.2. The Morgan fingerprint density at radius 2 is 2.32 bits per heavy atom. The number of fused-ring (bicyclic) bond motifs is 1. The maximum Gasteiger partial charge on any atom is 0.191 e. The zero-order valence-electron chi connectivity index (χ0n) is 13.0. The minimum Gasteiger partial charge on any atom is -0.461 e. The fourth-order valence-corrected chi connectivity index (χ4v) is 3.78. The summed E-state index contributed by atoms with van der Waals surface area (Å²) in [6.45, 7) is 0.819. The van der Waals surface area contributed by atoms with Crippen LogP contribution in [-0.2, 0) is 6.42 Å². The average Bonchev–Trinajstić information content (AvgIpc) is 2.97. The minimum atomic E-state index is 0.538. The van der Waals surface area contributed by atoms with Gasteiger partial charge in [-0.15, -0.1) is 0 Å². The third kappa shape index (κ3) is 3.97. The topological polar surface area (TPSA) is 49.6 Å². The van der Waals surface area contributed by atoms with Crippen LogP contribution in [0.1, 0.15) is 18.6 Å². The highest BCUT2D eigenvalue weighted by molar-refractivity contribution is 7.99. The summed E-state index contributed by atoms with van der Waals surface area (Å²) in [5.74, 6) is 4.36. The van der Waals surface area contributed by atoms with Gasteiger partial charge in [-0.2, -0.15) is 11.8 Å². The van der Waals surface area contributed by atoms with Gasteiger partial charge in [-0.1, -0.05) is 18.2 Å². The summed E-state index contributed by atoms with van der Waals surface area (Å²) >= 11 is 2.02. The van der Waals surface area contributed by atoms with E-state index in [9.17, 15) is 0 Å². The lowest BCUT2D eigenvalue weighted by molar-refractivity contribution is 0.541. The molecule has 1 aromatic carbocycles. The molecule has 1 saturated heterocycles. The Morgan fingerprint density at radius 1 is 1.41 bits per heavy atom. The number of nitrogens with zero attached hydrogens (tertiary/aromatic N) is 1. The van der Waals surface area contributed by atoms with E-state index in [1.807, 2.05) is 37.0 Å². The maximum absolute atomic E-state index is 5.83. The van der Waals surface area contributed by atoms with Crippen molar-refractivity contribution in [2.45, 2.75) is 25.3 Å². The van der Waals surface area contributed by atoms with Gasteiger partial charge in [0.1, 0.15) is 11.3 Å². The van der Waals surface area contributed by atoms with Crippen LogP contribution in [0.25, 0.3) is 11.0 Å². The van der Waals surface area contributed by atoms with Gasteiger partial charge in [-0.25, -0.2) is 0 Å². The fourth-order valence-electron chi connectivity index (χ4n) is 2.71. The number of furan rings is 1. The van der Waals surface area contributed by atoms with Gasteiger partial charge in [0, 0.05) is 37.2 Å². The molecular weight excluding hydrogens is 294 g/mol. The molecule has 2 heterocycles. The Morgan fingerprint density at radius 3 is 3.09 bits per heavy atom. The molecule has 0 amide bonds. The number of nitrogens with one attached hydrogen (secondary N) is 2. The highest BCUT2D eigenvalue weighted by Gasteiger charge is 2.14. The van der Waals surface area contributed by atoms with Crippen molar-refractivity contribution in [1.82, 2.24) is 10.6 Å². The first-order valence-electron chi connectivity index (χ1n) is 7.87. The molecule has 1 fully saturated rings. The van der Waals surface area contributed by atoms with Gasteiger partial charge >= 0.3 is 0 Å². The zero-order chi connectivity index (χ0) is 15.2. The van der Waals surface area contributed by atoms with Crippen molar-refractivity contribution < 1.29 is 4.42 Å². The molecule has 5 heteroatoms. The lowest BCUT2D eigenvalue weighted by Crippen LogP contribution is -2.46. The van der Waals surface area contributed by atoms with Gasteiger partial charge in [0.05, 0.1) is 0 Å². The summed E-state index contributed by atoms with van der Waals surface area (Å²) in [6, 6.07) is 10.8. The first-order valence-corrected chi connectivity index (χ1v) is 9.03. The molecule has 118 valence electrons. The molecule has 3 rings (SSSR count). The molecular formula is C17H23N3OS. The number of aliphatic imine (C=N–C) groups is 1. The monoisotopic (exact) mass is 317 g/mol. The van der Waals surface area contributed by atoms with Crippen LogP contribution in [0.5, 0.6) is 0 Å². The van der Waals surface area contributed by atoms with Crippen molar-refractivity contribution in [2.24, 2.45) is 4.99 Å². The summed E-state index contributed by atoms with van der Waals surface area (Å²) in [5.41, 5.74) is 0.958. The number of benzene rings is 1. The van der Waals surface area contributed by atoms with Crippen LogP contribution < -0.4 is 10.6 Å². The maximum atomic E-state index is 5.83. The molecule has 2 aromatic rings. The Labute approximate surface area is 135 Å². The Kier molecular flexibility index (Phi) is 5.27. The molecule has 0 spiro atoms. The van der Waals surface area contributed by atoms with Gasteiger partial charge in [0.15, 0.2) is 5.96 Å². The van der Waals surface area contributed by atoms with E-state index in [1.165, 1.54) is 29.7 Å². The Bertz CT molecular complexity index is 599. The van der Waals surface area contributed by atoms with Crippen LogP contribution in [-0.4, -0.2) is 37.1 Å². The molecule has 0 saturated carbocycles. The van der Waals surface area contributed by atoms with Crippen molar-refractivity contribution in [1.29, 1.82) is 0 Å². The van der Waals surface area contributed by atoms with Crippen LogP contribution >= 0.6 is 11.8 Å². The molecule has 0 radical (unpaired) electrons. The molecule has 1 unspecified atom stereocenters. The number of thioether (sulfide) groups is 1. The number of hydrogen-bond donors (Lipinski definition) is 2. The number of guanidine groups is 1.